The summed E-state index contributed by atoms with van der Waals surface area (Å²) < 4.78 is 63.9. The van der Waals surface area contributed by atoms with Gasteiger partial charge in [0.15, 0.2) is 5.69 Å². The monoisotopic (exact) mass is 464 g/mol. The zero-order chi connectivity index (χ0) is 21.3. The van der Waals surface area contributed by atoms with E-state index in [0.29, 0.717) is 0 Å². The van der Waals surface area contributed by atoms with Gasteiger partial charge < -0.3 is 5.32 Å². The maximum atomic E-state index is 13.7. The van der Waals surface area contributed by atoms with E-state index in [4.69, 9.17) is 2.74 Å². The van der Waals surface area contributed by atoms with Crippen molar-refractivity contribution in [2.75, 3.05) is 24.7 Å². The van der Waals surface area contributed by atoms with Gasteiger partial charge in [-0.3, -0.25) is 4.52 Å². The molecule has 0 radical (unpaired) electrons. The minimum Gasteiger partial charge on any atom is -0.364 e. The number of nitrogens with zero attached hydrogens (tertiary/aromatic N) is 4. The molecule has 0 fully saturated rings. The third-order valence-electron chi connectivity index (χ3n) is 3.08. The Balaban J connectivity index is 2.00. The van der Waals surface area contributed by atoms with E-state index in [1.54, 1.807) is 0 Å². The van der Waals surface area contributed by atoms with E-state index in [2.05, 4.69) is 50.6 Å². The number of benzene rings is 1. The molecule has 2 N–H and O–H groups in total. The minimum atomic E-state index is -3.38. The van der Waals surface area contributed by atoms with Gasteiger partial charge in [-0.1, -0.05) is 5.16 Å². The van der Waals surface area contributed by atoms with Gasteiger partial charge in [-0.05, 0) is 44.4 Å². The van der Waals surface area contributed by atoms with Gasteiger partial charge in [0.25, 0.3) is 0 Å². The molecule has 0 bridgehead atoms. The average Bonchev–Trinajstić information content (AvgIpc) is 3.23. The lowest BCUT2D eigenvalue weighted by molar-refractivity contribution is 0.309. The molecule has 3 rings (SSSR count). The number of hydrogen-bond acceptors (Lipinski definition) is 9. The highest BCUT2D eigenvalue weighted by Gasteiger charge is 2.23. The van der Waals surface area contributed by atoms with E-state index in [1.807, 2.05) is 0 Å². The van der Waals surface area contributed by atoms with E-state index in [-0.39, 0.29) is 40.6 Å². The van der Waals surface area contributed by atoms with Crippen LogP contribution in [0.15, 0.2) is 36.6 Å². The van der Waals surface area contributed by atoms with E-state index in [1.165, 1.54) is 0 Å². The van der Waals surface area contributed by atoms with Gasteiger partial charge in [0.1, 0.15) is 5.82 Å². The fraction of sp³-hybridized carbons (Fsp3) is 0.231. The normalized spacial score (nSPS) is 12.7. The molecule has 11 nitrogen and oxygen atoms in total. The second kappa shape index (κ2) is 7.58. The summed E-state index contributed by atoms with van der Waals surface area (Å²) in [5.74, 6) is -2.15. The zero-order valence-electron chi connectivity index (χ0n) is 15.5. The minimum absolute atomic E-state index is 0.00147. The molecule has 0 amide bonds. The van der Waals surface area contributed by atoms with Crippen molar-refractivity contribution in [3.05, 3.63) is 39.0 Å². The van der Waals surface area contributed by atoms with Crippen LogP contribution in [-0.4, -0.2) is 47.8 Å². The average molecular weight is 465 g/mol. The summed E-state index contributed by atoms with van der Waals surface area (Å²) in [6.45, 7) is 0.112. The molecular formula is C13H12BrFN6O5S. The number of nitrogens with one attached hydrogen (secondary N) is 2. The molecular weight excluding hydrogens is 451 g/mol. The molecule has 1 aromatic carbocycles. The van der Waals surface area contributed by atoms with Crippen LogP contribution in [0.2, 0.25) is 0 Å². The number of anilines is 1. The molecule has 0 aliphatic rings. The van der Waals surface area contributed by atoms with Crippen LogP contribution < -0.4 is 15.8 Å². The first-order chi connectivity index (χ1) is 13.6. The maximum absolute atomic E-state index is 13.7. The van der Waals surface area contributed by atoms with Crippen molar-refractivity contribution in [1.82, 2.24) is 24.8 Å². The van der Waals surface area contributed by atoms with Crippen molar-refractivity contribution in [3.63, 3.8) is 0 Å². The quantitative estimate of drug-likeness (QED) is 0.483. The van der Waals surface area contributed by atoms with Crippen molar-refractivity contribution in [2.24, 2.45) is 0 Å². The van der Waals surface area contributed by atoms with Gasteiger partial charge in [-0.25, -0.2) is 31.5 Å². The Morgan fingerprint density at radius 2 is 2.15 bits per heavy atom. The second-order valence-electron chi connectivity index (χ2n) is 5.09. The smallest absolute Gasteiger partial charge is 0.364 e. The molecule has 0 aliphatic heterocycles. The Hall–Kier alpha value is -2.58. The van der Waals surface area contributed by atoms with Crippen molar-refractivity contribution in [3.8, 4) is 17.2 Å². The van der Waals surface area contributed by atoms with Crippen LogP contribution >= 0.6 is 15.9 Å². The van der Waals surface area contributed by atoms with Crippen LogP contribution in [0.4, 0.5) is 10.2 Å². The van der Waals surface area contributed by atoms with Crippen molar-refractivity contribution in [1.29, 1.82) is 0 Å². The lowest BCUT2D eigenvalue weighted by atomic mass is 10.3. The summed E-state index contributed by atoms with van der Waals surface area (Å²) in [6.07, 6.45) is 1.00. The Morgan fingerprint density at radius 1 is 1.37 bits per heavy atom. The number of sulfonamides is 1. The molecule has 2 aromatic heterocycles. The van der Waals surface area contributed by atoms with Gasteiger partial charge >= 0.3 is 5.76 Å². The first-order valence-electron chi connectivity index (χ1n) is 8.16. The molecule has 2 heterocycles. The molecule has 0 aliphatic carbocycles. The molecule has 0 atom stereocenters. The third kappa shape index (κ3) is 4.40. The standard InChI is InChI=1S/C13H12BrFN6O5S/c1-27(23,24)17-5-4-16-11-10(18-26-19-11)12-20-25-13(22)21(12)7-2-3-9(15)8(14)6-7/h2-3,6,17H,4-5H2,1H3,(H,16,19)/i2D,6D. The zero-order valence-corrected chi connectivity index (χ0v) is 15.9. The van der Waals surface area contributed by atoms with Crippen molar-refractivity contribution >= 4 is 31.8 Å². The highest BCUT2D eigenvalue weighted by Crippen LogP contribution is 2.25. The van der Waals surface area contributed by atoms with Gasteiger partial charge in [0, 0.05) is 13.1 Å². The van der Waals surface area contributed by atoms with E-state index in [0.717, 1.165) is 16.9 Å². The lowest BCUT2D eigenvalue weighted by Gasteiger charge is -2.06. The third-order valence-corrected chi connectivity index (χ3v) is 4.39. The molecule has 0 saturated carbocycles. The highest BCUT2D eigenvalue weighted by atomic mass is 79.9. The molecule has 0 saturated heterocycles. The summed E-state index contributed by atoms with van der Waals surface area (Å²) in [5.41, 5.74) is -0.401. The molecule has 3 aromatic rings. The molecule has 27 heavy (non-hydrogen) atoms. The number of aromatic nitrogens is 4. The predicted molar refractivity (Wildman–Crippen MR) is 94.4 cm³/mol. The van der Waals surface area contributed by atoms with Gasteiger partial charge in [-0.15, -0.1) is 0 Å². The predicted octanol–water partition coefficient (Wildman–Crippen LogP) is 0.738. The Labute approximate surface area is 162 Å². The molecule has 0 unspecified atom stereocenters. The first kappa shape index (κ1) is 16.6. The number of halogens is 2. The fourth-order valence-corrected chi connectivity index (χ4v) is 2.76. The van der Waals surface area contributed by atoms with E-state index >= 15 is 0 Å². The van der Waals surface area contributed by atoms with Crippen LogP contribution in [0.1, 0.15) is 2.74 Å². The van der Waals surface area contributed by atoms with Crippen molar-refractivity contribution < 1.29 is 24.7 Å². The summed E-state index contributed by atoms with van der Waals surface area (Å²) in [7, 11) is -3.38. The topological polar surface area (TPSA) is 145 Å². The van der Waals surface area contributed by atoms with Crippen LogP contribution in [0.5, 0.6) is 0 Å². The maximum Gasteiger partial charge on any atom is 0.446 e. The van der Waals surface area contributed by atoms with Crippen molar-refractivity contribution in [2.45, 2.75) is 0 Å². The molecule has 0 spiro atoms. The van der Waals surface area contributed by atoms with Gasteiger partial charge in [0.2, 0.25) is 21.7 Å². The summed E-state index contributed by atoms with van der Waals surface area (Å²) in [4.78, 5) is 12.2. The fourth-order valence-electron chi connectivity index (χ4n) is 1.98. The summed E-state index contributed by atoms with van der Waals surface area (Å²) >= 11 is 2.89. The van der Waals surface area contributed by atoms with Gasteiger partial charge in [-0.2, -0.15) is 0 Å². The van der Waals surface area contributed by atoms with Crippen LogP contribution in [0.25, 0.3) is 17.2 Å². The highest BCUT2D eigenvalue weighted by molar-refractivity contribution is 9.10. The molecule has 144 valence electrons. The van der Waals surface area contributed by atoms with Crippen LogP contribution in [-0.2, 0) is 10.0 Å². The molecule has 14 heteroatoms. The van der Waals surface area contributed by atoms with E-state index in [9.17, 15) is 17.6 Å². The van der Waals surface area contributed by atoms with Crippen LogP contribution in [0.3, 0.4) is 0 Å². The Bertz CT molecular complexity index is 1230. The largest absolute Gasteiger partial charge is 0.446 e. The Morgan fingerprint density at radius 3 is 2.89 bits per heavy atom. The summed E-state index contributed by atoms with van der Waals surface area (Å²) in [6, 6.07) is -0.131. The lowest BCUT2D eigenvalue weighted by Crippen LogP contribution is -2.27. The van der Waals surface area contributed by atoms with Crippen LogP contribution in [0, 0.1) is 5.82 Å². The Kier molecular flexibility index (Phi) is 4.65. The first-order valence-corrected chi connectivity index (χ1v) is 9.84. The summed E-state index contributed by atoms with van der Waals surface area (Å²) in [5, 5.41) is 13.6. The number of rotatable bonds is 7. The number of hydrogen-bond donors (Lipinski definition) is 2. The SMILES string of the molecule is [2H]c1cc(F)c(Br)c([2H])c1-n1c(-c2nonc2NCCNS(C)(=O)=O)noc1=O. The van der Waals surface area contributed by atoms with Gasteiger partial charge in [0.05, 0.1) is 19.2 Å². The van der Waals surface area contributed by atoms with E-state index < -0.39 is 33.7 Å². The second-order valence-corrected chi connectivity index (χ2v) is 7.71.